The predicted molar refractivity (Wildman–Crippen MR) is 106 cm³/mol. The highest BCUT2D eigenvalue weighted by molar-refractivity contribution is 7.17. The quantitative estimate of drug-likeness (QED) is 0.372. The molecule has 0 radical (unpaired) electrons. The largest absolute Gasteiger partial charge is 0.497 e. The molecule has 0 saturated heterocycles. The summed E-state index contributed by atoms with van der Waals surface area (Å²) in [6.45, 7) is -0.0343. The summed E-state index contributed by atoms with van der Waals surface area (Å²) in [6, 6.07) is 13.8. The van der Waals surface area contributed by atoms with Crippen LogP contribution in [-0.4, -0.2) is 18.1 Å². The van der Waals surface area contributed by atoms with Gasteiger partial charge in [0, 0.05) is 45.9 Å². The lowest BCUT2D eigenvalue weighted by molar-refractivity contribution is 0.0479. The molecule has 140 valence electrons. The third-order valence-corrected chi connectivity index (χ3v) is 5.26. The summed E-state index contributed by atoms with van der Waals surface area (Å²) >= 11 is 1.33. The third kappa shape index (κ3) is 3.65. The first kappa shape index (κ1) is 17.9. The van der Waals surface area contributed by atoms with Crippen molar-refractivity contribution in [3.63, 3.8) is 0 Å². The molecule has 6 nitrogen and oxygen atoms in total. The summed E-state index contributed by atoms with van der Waals surface area (Å²) in [7, 11) is 1.53. The maximum atomic E-state index is 12.4. The fourth-order valence-corrected chi connectivity index (χ4v) is 3.67. The normalized spacial score (nSPS) is 10.8. The van der Waals surface area contributed by atoms with Crippen molar-refractivity contribution in [2.75, 3.05) is 7.11 Å². The van der Waals surface area contributed by atoms with Gasteiger partial charge in [0.05, 0.1) is 7.11 Å². The molecule has 4 rings (SSSR count). The number of benzene rings is 1. The smallest absolute Gasteiger partial charge is 0.348 e. The van der Waals surface area contributed by atoms with E-state index in [9.17, 15) is 9.59 Å². The van der Waals surface area contributed by atoms with Crippen molar-refractivity contribution in [2.24, 2.45) is 0 Å². The van der Waals surface area contributed by atoms with E-state index in [1.54, 1.807) is 36.7 Å². The topological polar surface area (TPSA) is 78.6 Å². The maximum Gasteiger partial charge on any atom is 0.348 e. The first-order valence-electron chi connectivity index (χ1n) is 8.42. The number of aromatic nitrogens is 1. The molecular formula is C21H15NO5S. The molecule has 7 heteroatoms. The van der Waals surface area contributed by atoms with E-state index in [0.717, 1.165) is 10.4 Å². The van der Waals surface area contributed by atoms with Gasteiger partial charge in [-0.3, -0.25) is 4.98 Å². The van der Waals surface area contributed by atoms with Crippen molar-refractivity contribution in [2.45, 2.75) is 6.61 Å². The zero-order chi connectivity index (χ0) is 19.5. The van der Waals surface area contributed by atoms with Gasteiger partial charge in [0.1, 0.15) is 22.8 Å². The SMILES string of the molecule is COc1ccc2c(COC(=O)c3ccc(-c4cccnc4)s3)cc(=O)oc2c1. The lowest BCUT2D eigenvalue weighted by atomic mass is 10.1. The lowest BCUT2D eigenvalue weighted by Gasteiger charge is -2.07. The van der Waals surface area contributed by atoms with Crippen molar-refractivity contribution in [3.05, 3.63) is 81.8 Å². The molecule has 0 fully saturated rings. The van der Waals surface area contributed by atoms with E-state index in [4.69, 9.17) is 13.9 Å². The number of rotatable bonds is 5. The first-order valence-corrected chi connectivity index (χ1v) is 9.24. The number of nitrogens with zero attached hydrogens (tertiary/aromatic N) is 1. The van der Waals surface area contributed by atoms with Crippen LogP contribution >= 0.6 is 11.3 Å². The summed E-state index contributed by atoms with van der Waals surface area (Å²) in [5.41, 5.74) is 1.38. The van der Waals surface area contributed by atoms with Gasteiger partial charge >= 0.3 is 11.6 Å². The number of hydrogen-bond donors (Lipinski definition) is 0. The van der Waals surface area contributed by atoms with Crippen LogP contribution in [0, 0.1) is 0 Å². The van der Waals surface area contributed by atoms with Gasteiger partial charge in [-0.1, -0.05) is 6.07 Å². The number of methoxy groups -OCH3 is 1. The number of thiophene rings is 1. The van der Waals surface area contributed by atoms with Crippen LogP contribution in [0.2, 0.25) is 0 Å². The van der Waals surface area contributed by atoms with E-state index in [-0.39, 0.29) is 6.61 Å². The highest BCUT2D eigenvalue weighted by Crippen LogP contribution is 2.28. The van der Waals surface area contributed by atoms with Crippen LogP contribution in [0.4, 0.5) is 0 Å². The molecule has 0 aliphatic rings. The molecule has 28 heavy (non-hydrogen) atoms. The maximum absolute atomic E-state index is 12.4. The first-order chi connectivity index (χ1) is 13.6. The molecule has 0 bridgehead atoms. The summed E-state index contributed by atoms with van der Waals surface area (Å²) in [6.07, 6.45) is 3.44. The molecule has 3 aromatic heterocycles. The van der Waals surface area contributed by atoms with E-state index in [1.807, 2.05) is 18.2 Å². The van der Waals surface area contributed by atoms with Gasteiger partial charge in [0.25, 0.3) is 0 Å². The molecule has 0 saturated carbocycles. The summed E-state index contributed by atoms with van der Waals surface area (Å²) in [5.74, 6) is 0.126. The standard InChI is InChI=1S/C21H15NO5S/c1-25-15-4-5-16-14(9-20(23)27-17(16)10-15)12-26-21(24)19-7-6-18(28-19)13-3-2-8-22-11-13/h2-11H,12H2,1H3. The monoisotopic (exact) mass is 393 g/mol. The minimum absolute atomic E-state index is 0.0343. The Bertz CT molecular complexity index is 1200. The summed E-state index contributed by atoms with van der Waals surface area (Å²) < 4.78 is 15.8. The van der Waals surface area contributed by atoms with Crippen LogP contribution in [0.3, 0.4) is 0 Å². The predicted octanol–water partition coefficient (Wildman–Crippen LogP) is 4.28. The van der Waals surface area contributed by atoms with Crippen LogP contribution in [0.15, 0.2) is 70.1 Å². The van der Waals surface area contributed by atoms with Crippen molar-refractivity contribution in [3.8, 4) is 16.2 Å². The molecule has 0 spiro atoms. The average Bonchev–Trinajstić information content (AvgIpc) is 3.22. The van der Waals surface area contributed by atoms with Crippen LogP contribution in [0.1, 0.15) is 15.2 Å². The number of carbonyl (C=O) groups is 1. The van der Waals surface area contributed by atoms with Crippen LogP contribution < -0.4 is 10.4 Å². The second-order valence-electron chi connectivity index (χ2n) is 5.93. The zero-order valence-electron chi connectivity index (χ0n) is 14.9. The molecule has 0 atom stereocenters. The zero-order valence-corrected chi connectivity index (χ0v) is 15.7. The van der Waals surface area contributed by atoms with E-state index in [0.29, 0.717) is 27.2 Å². The molecular weight excluding hydrogens is 378 g/mol. The summed E-state index contributed by atoms with van der Waals surface area (Å²) in [5, 5.41) is 0.690. The Labute approximate surface area is 164 Å². The Morgan fingerprint density at radius 2 is 2.07 bits per heavy atom. The van der Waals surface area contributed by atoms with Gasteiger partial charge in [-0.15, -0.1) is 11.3 Å². The van der Waals surface area contributed by atoms with Gasteiger partial charge in [0.15, 0.2) is 0 Å². The molecule has 3 heterocycles. The molecule has 0 N–H and O–H groups in total. The van der Waals surface area contributed by atoms with Crippen LogP contribution in [0.25, 0.3) is 21.4 Å². The second-order valence-corrected chi connectivity index (χ2v) is 7.02. The molecule has 0 aliphatic carbocycles. The average molecular weight is 393 g/mol. The number of fused-ring (bicyclic) bond motifs is 1. The number of hydrogen-bond acceptors (Lipinski definition) is 7. The van der Waals surface area contributed by atoms with Crippen molar-refractivity contribution in [1.82, 2.24) is 4.98 Å². The van der Waals surface area contributed by atoms with Crippen LogP contribution in [-0.2, 0) is 11.3 Å². The van der Waals surface area contributed by atoms with Gasteiger partial charge in [-0.05, 0) is 30.3 Å². The highest BCUT2D eigenvalue weighted by atomic mass is 32.1. The Kier molecular flexibility index (Phi) is 4.90. The van der Waals surface area contributed by atoms with E-state index >= 15 is 0 Å². The number of ether oxygens (including phenoxy) is 2. The van der Waals surface area contributed by atoms with Gasteiger partial charge < -0.3 is 13.9 Å². The number of carbonyl (C=O) groups excluding carboxylic acids is 1. The van der Waals surface area contributed by atoms with Crippen molar-refractivity contribution >= 4 is 28.3 Å². The van der Waals surface area contributed by atoms with Crippen molar-refractivity contribution in [1.29, 1.82) is 0 Å². The van der Waals surface area contributed by atoms with Gasteiger partial charge in [-0.2, -0.15) is 0 Å². The molecule has 0 unspecified atom stereocenters. The Balaban J connectivity index is 1.54. The minimum atomic E-state index is -0.512. The highest BCUT2D eigenvalue weighted by Gasteiger charge is 2.14. The van der Waals surface area contributed by atoms with Gasteiger partial charge in [0.2, 0.25) is 0 Å². The fraction of sp³-hybridized carbons (Fsp3) is 0.0952. The fourth-order valence-electron chi connectivity index (χ4n) is 2.78. The Morgan fingerprint density at radius 1 is 1.18 bits per heavy atom. The van der Waals surface area contributed by atoms with Crippen LogP contribution in [0.5, 0.6) is 5.75 Å². The van der Waals surface area contributed by atoms with E-state index in [1.165, 1.54) is 24.5 Å². The van der Waals surface area contributed by atoms with E-state index in [2.05, 4.69) is 4.98 Å². The van der Waals surface area contributed by atoms with Crippen molar-refractivity contribution < 1.29 is 18.7 Å². The molecule has 0 amide bonds. The lowest BCUT2D eigenvalue weighted by Crippen LogP contribution is -2.06. The Hall–Kier alpha value is -3.45. The van der Waals surface area contributed by atoms with Gasteiger partial charge in [-0.25, -0.2) is 9.59 Å². The molecule has 0 aliphatic heterocycles. The Morgan fingerprint density at radius 3 is 2.86 bits per heavy atom. The van der Waals surface area contributed by atoms with E-state index < -0.39 is 11.6 Å². The summed E-state index contributed by atoms with van der Waals surface area (Å²) in [4.78, 5) is 29.8. The number of esters is 1. The second kappa shape index (κ2) is 7.66. The molecule has 4 aromatic rings. The minimum Gasteiger partial charge on any atom is -0.497 e. The number of pyridine rings is 1. The molecule has 1 aromatic carbocycles. The third-order valence-electron chi connectivity index (χ3n) is 4.15.